The fourth-order valence-corrected chi connectivity index (χ4v) is 4.91. The van der Waals surface area contributed by atoms with Crippen LogP contribution in [-0.4, -0.2) is 31.4 Å². The second-order valence-electron chi connectivity index (χ2n) is 7.72. The first-order valence-electron chi connectivity index (χ1n) is 11.1. The van der Waals surface area contributed by atoms with Gasteiger partial charge in [0, 0.05) is 11.6 Å². The van der Waals surface area contributed by atoms with Gasteiger partial charge in [-0.15, -0.1) is 0 Å². The number of allylic oxidation sites excluding steroid dienone is 2. The van der Waals surface area contributed by atoms with Crippen LogP contribution in [0.1, 0.15) is 31.0 Å². The number of carbonyl (C=O) groups is 1. The monoisotopic (exact) mass is 490 g/mol. The number of hydrogen-bond acceptors (Lipinski definition) is 7. The van der Waals surface area contributed by atoms with Crippen molar-refractivity contribution in [1.29, 1.82) is 0 Å². The highest BCUT2D eigenvalue weighted by Gasteiger charge is 2.30. The molecule has 8 heteroatoms. The van der Waals surface area contributed by atoms with Crippen LogP contribution in [-0.2, 0) is 9.53 Å². The van der Waals surface area contributed by atoms with Gasteiger partial charge in [-0.05, 0) is 37.6 Å². The maximum absolute atomic E-state index is 13.6. The number of fused-ring (bicyclic) bond motifs is 1. The summed E-state index contributed by atoms with van der Waals surface area (Å²) in [5, 5.41) is 0. The first-order chi connectivity index (χ1) is 17.0. The molecule has 2 heterocycles. The molecule has 1 atom stereocenters. The van der Waals surface area contributed by atoms with Gasteiger partial charge in [0.15, 0.2) is 4.80 Å². The van der Waals surface area contributed by atoms with Crippen LogP contribution in [0.2, 0.25) is 0 Å². The zero-order chi connectivity index (χ0) is 24.9. The Labute approximate surface area is 206 Å². The van der Waals surface area contributed by atoms with E-state index in [2.05, 4.69) is 4.99 Å². The Kier molecular flexibility index (Phi) is 7.31. The Hall–Kier alpha value is -3.91. The molecule has 0 fully saturated rings. The van der Waals surface area contributed by atoms with Crippen LogP contribution < -0.4 is 24.4 Å². The summed E-state index contributed by atoms with van der Waals surface area (Å²) in [6.45, 7) is 3.74. The molecule has 3 aromatic rings. The normalized spacial score (nSPS) is 15.7. The van der Waals surface area contributed by atoms with E-state index in [-0.39, 0.29) is 12.2 Å². The van der Waals surface area contributed by atoms with Crippen molar-refractivity contribution in [2.24, 2.45) is 4.99 Å². The topological polar surface area (TPSA) is 79.1 Å². The molecular formula is C27H26N2O5S. The molecule has 35 heavy (non-hydrogen) atoms. The highest BCUT2D eigenvalue weighted by Crippen LogP contribution is 2.27. The Bertz CT molecular complexity index is 1480. The number of hydrogen-bond donors (Lipinski definition) is 0. The molecule has 0 saturated heterocycles. The Morgan fingerprint density at radius 1 is 1.14 bits per heavy atom. The van der Waals surface area contributed by atoms with Crippen LogP contribution in [0.25, 0.3) is 12.2 Å². The number of carbonyl (C=O) groups excluding carboxylic acids is 1. The van der Waals surface area contributed by atoms with Crippen molar-refractivity contribution < 1.29 is 19.0 Å². The molecule has 0 amide bonds. The number of ether oxygens (including phenoxy) is 3. The minimum atomic E-state index is -0.648. The molecule has 180 valence electrons. The first-order valence-corrected chi connectivity index (χ1v) is 11.9. The van der Waals surface area contributed by atoms with Crippen molar-refractivity contribution in [2.75, 3.05) is 20.8 Å². The quantitative estimate of drug-likeness (QED) is 0.474. The summed E-state index contributed by atoms with van der Waals surface area (Å²) in [4.78, 5) is 31.6. The molecule has 0 bridgehead atoms. The Balaban J connectivity index is 1.88. The number of rotatable bonds is 7. The minimum absolute atomic E-state index is 0.229. The van der Waals surface area contributed by atoms with E-state index in [1.807, 2.05) is 48.6 Å². The summed E-state index contributed by atoms with van der Waals surface area (Å²) in [6.07, 6.45) is 5.50. The third kappa shape index (κ3) is 4.97. The number of benzene rings is 2. The van der Waals surface area contributed by atoms with E-state index in [4.69, 9.17) is 14.2 Å². The lowest BCUT2D eigenvalue weighted by Crippen LogP contribution is -2.38. The van der Waals surface area contributed by atoms with E-state index < -0.39 is 12.0 Å². The Morgan fingerprint density at radius 2 is 1.91 bits per heavy atom. The third-order valence-corrected chi connectivity index (χ3v) is 6.54. The van der Waals surface area contributed by atoms with Gasteiger partial charge in [-0.2, -0.15) is 0 Å². The van der Waals surface area contributed by atoms with Gasteiger partial charge in [-0.1, -0.05) is 53.8 Å². The molecule has 1 aromatic heterocycles. The van der Waals surface area contributed by atoms with Crippen LogP contribution in [0.15, 0.2) is 75.7 Å². The van der Waals surface area contributed by atoms with Crippen molar-refractivity contribution >= 4 is 29.5 Å². The van der Waals surface area contributed by atoms with E-state index >= 15 is 0 Å². The largest absolute Gasteiger partial charge is 0.497 e. The summed E-state index contributed by atoms with van der Waals surface area (Å²) in [5.41, 5.74) is 2.32. The summed E-state index contributed by atoms with van der Waals surface area (Å²) >= 11 is 1.26. The van der Waals surface area contributed by atoms with Gasteiger partial charge < -0.3 is 14.2 Å². The van der Waals surface area contributed by atoms with Gasteiger partial charge in [-0.25, -0.2) is 9.79 Å². The van der Waals surface area contributed by atoms with Gasteiger partial charge in [0.1, 0.15) is 11.5 Å². The van der Waals surface area contributed by atoms with Crippen molar-refractivity contribution in [3.8, 4) is 11.5 Å². The van der Waals surface area contributed by atoms with Crippen molar-refractivity contribution in [3.63, 3.8) is 0 Å². The van der Waals surface area contributed by atoms with Crippen LogP contribution in [0, 0.1) is 0 Å². The standard InChI is InChI=1S/C27H26N2O5S/c1-5-34-26(31)24-17(2)28-27-29(21(24)14-11-18-9-7-6-8-10-18)25(30)23(35-27)15-19-12-13-20(32-3)16-22(19)33-4/h6-16,21H,5H2,1-4H3/b14-11+,23-15+. The second-order valence-corrected chi connectivity index (χ2v) is 8.73. The van der Waals surface area contributed by atoms with Gasteiger partial charge in [-0.3, -0.25) is 9.36 Å². The smallest absolute Gasteiger partial charge is 0.338 e. The maximum Gasteiger partial charge on any atom is 0.338 e. The average Bonchev–Trinajstić information content (AvgIpc) is 3.17. The fourth-order valence-electron chi connectivity index (χ4n) is 3.86. The highest BCUT2D eigenvalue weighted by molar-refractivity contribution is 7.07. The lowest BCUT2D eigenvalue weighted by atomic mass is 10.0. The van der Waals surface area contributed by atoms with Crippen LogP contribution in [0.5, 0.6) is 11.5 Å². The number of methoxy groups -OCH3 is 2. The van der Waals surface area contributed by atoms with Gasteiger partial charge in [0.25, 0.3) is 5.56 Å². The molecule has 1 unspecified atom stereocenters. The van der Waals surface area contributed by atoms with Gasteiger partial charge >= 0.3 is 5.97 Å². The second kappa shape index (κ2) is 10.6. The molecule has 1 aliphatic rings. The zero-order valence-corrected chi connectivity index (χ0v) is 20.8. The van der Waals surface area contributed by atoms with E-state index in [9.17, 15) is 9.59 Å². The SMILES string of the molecule is CCOC(=O)C1=C(C)N=c2s/c(=C/c3ccc(OC)cc3OC)c(=O)n2C1/C=C/c1ccccc1. The van der Waals surface area contributed by atoms with Gasteiger partial charge in [0.05, 0.1) is 42.7 Å². The minimum Gasteiger partial charge on any atom is -0.497 e. The molecule has 2 aromatic carbocycles. The molecular weight excluding hydrogens is 464 g/mol. The number of nitrogens with zero attached hydrogens (tertiary/aromatic N) is 2. The number of aromatic nitrogens is 1. The molecule has 1 aliphatic heterocycles. The lowest BCUT2D eigenvalue weighted by Gasteiger charge is -2.21. The fraction of sp³-hybridized carbons (Fsp3) is 0.222. The van der Waals surface area contributed by atoms with Crippen LogP contribution >= 0.6 is 11.3 Å². The summed E-state index contributed by atoms with van der Waals surface area (Å²) in [7, 11) is 3.15. The molecule has 7 nitrogen and oxygen atoms in total. The van der Waals surface area contributed by atoms with Crippen molar-refractivity contribution in [3.05, 3.63) is 96.7 Å². The predicted octanol–water partition coefficient (Wildman–Crippen LogP) is 3.48. The summed E-state index contributed by atoms with van der Waals surface area (Å²) < 4.78 is 18.1. The van der Waals surface area contributed by atoms with Crippen LogP contribution in [0.4, 0.5) is 0 Å². The van der Waals surface area contributed by atoms with E-state index in [0.717, 1.165) is 11.1 Å². The van der Waals surface area contributed by atoms with Crippen LogP contribution in [0.3, 0.4) is 0 Å². The van der Waals surface area contributed by atoms with Gasteiger partial charge in [0.2, 0.25) is 0 Å². The van der Waals surface area contributed by atoms with E-state index in [1.54, 1.807) is 50.8 Å². The lowest BCUT2D eigenvalue weighted by molar-refractivity contribution is -0.139. The molecule has 0 N–H and O–H groups in total. The zero-order valence-electron chi connectivity index (χ0n) is 20.0. The highest BCUT2D eigenvalue weighted by atomic mass is 32.1. The summed E-state index contributed by atoms with van der Waals surface area (Å²) in [6, 6.07) is 14.5. The molecule has 0 saturated carbocycles. The maximum atomic E-state index is 13.6. The molecule has 4 rings (SSSR count). The third-order valence-electron chi connectivity index (χ3n) is 5.56. The van der Waals surface area contributed by atoms with E-state index in [1.165, 1.54) is 11.3 Å². The predicted molar refractivity (Wildman–Crippen MR) is 136 cm³/mol. The molecule has 0 aliphatic carbocycles. The first kappa shape index (κ1) is 24.2. The van der Waals surface area contributed by atoms with Crippen molar-refractivity contribution in [2.45, 2.75) is 19.9 Å². The number of thiazole rings is 1. The van der Waals surface area contributed by atoms with E-state index in [0.29, 0.717) is 32.1 Å². The van der Waals surface area contributed by atoms with Crippen molar-refractivity contribution in [1.82, 2.24) is 4.57 Å². The Morgan fingerprint density at radius 3 is 2.60 bits per heavy atom. The summed E-state index contributed by atoms with van der Waals surface area (Å²) in [5.74, 6) is 0.753. The molecule has 0 spiro atoms. The molecule has 0 radical (unpaired) electrons. The number of esters is 1. The average molecular weight is 491 g/mol.